The molecule has 0 aromatic carbocycles. The van der Waals surface area contributed by atoms with Crippen molar-refractivity contribution >= 4 is 57.1 Å². The number of methoxy groups -OCH3 is 2. The van der Waals surface area contributed by atoms with Crippen LogP contribution in [0.25, 0.3) is 0 Å². The SMILES string of the molecule is COc1cc(OC)nc(NC(=O)NS(=O)(=O)c2ncccc2C(=O)N(C)C)n1.O=C(O)c1nc(Cl)ccc1Cl. The summed E-state index contributed by atoms with van der Waals surface area (Å²) in [5, 5.41) is 10.3. The number of aromatic carboxylic acids is 1. The number of urea groups is 1. The van der Waals surface area contributed by atoms with Gasteiger partial charge in [-0.3, -0.25) is 10.1 Å². The zero-order valence-corrected chi connectivity index (χ0v) is 23.0. The summed E-state index contributed by atoms with van der Waals surface area (Å²) in [6.45, 7) is 0. The van der Waals surface area contributed by atoms with E-state index in [1.807, 2.05) is 0 Å². The third kappa shape index (κ3) is 8.62. The number of carboxylic acid groups (broad SMARTS) is 1. The van der Waals surface area contributed by atoms with Crippen LogP contribution in [-0.2, 0) is 10.0 Å². The van der Waals surface area contributed by atoms with E-state index in [0.29, 0.717) is 0 Å². The normalized spacial score (nSPS) is 10.4. The quantitative estimate of drug-likeness (QED) is 0.333. The van der Waals surface area contributed by atoms with Gasteiger partial charge in [-0.1, -0.05) is 23.2 Å². The van der Waals surface area contributed by atoms with Crippen LogP contribution in [0.2, 0.25) is 10.2 Å². The maximum atomic E-state index is 12.5. The first kappa shape index (κ1) is 30.9. The molecular formula is C21H21Cl2N7O8S. The van der Waals surface area contributed by atoms with E-state index in [0.717, 1.165) is 0 Å². The number of carbonyl (C=O) groups excluding carboxylic acids is 2. The number of rotatable bonds is 7. The number of halogens is 2. The molecule has 3 amide bonds. The molecule has 0 aliphatic carbocycles. The van der Waals surface area contributed by atoms with E-state index >= 15 is 0 Å². The number of hydrogen-bond donors (Lipinski definition) is 3. The lowest BCUT2D eigenvalue weighted by molar-refractivity contribution is 0.0690. The largest absolute Gasteiger partial charge is 0.481 e. The molecule has 0 unspecified atom stereocenters. The van der Waals surface area contributed by atoms with E-state index < -0.39 is 33.0 Å². The molecule has 18 heteroatoms. The van der Waals surface area contributed by atoms with Gasteiger partial charge >= 0.3 is 12.0 Å². The fourth-order valence-corrected chi connectivity index (χ4v) is 3.91. The van der Waals surface area contributed by atoms with E-state index in [9.17, 15) is 22.8 Å². The highest BCUT2D eigenvalue weighted by Gasteiger charge is 2.27. The third-order valence-corrected chi connectivity index (χ3v) is 6.03. The van der Waals surface area contributed by atoms with Crippen molar-refractivity contribution in [1.29, 1.82) is 0 Å². The molecule has 0 radical (unpaired) electrons. The summed E-state index contributed by atoms with van der Waals surface area (Å²) in [5.41, 5.74) is -0.411. The number of hydrogen-bond acceptors (Lipinski definition) is 11. The summed E-state index contributed by atoms with van der Waals surface area (Å²) in [5.74, 6) is -1.84. The summed E-state index contributed by atoms with van der Waals surface area (Å²) in [7, 11) is 1.15. The minimum Gasteiger partial charge on any atom is -0.481 e. The Morgan fingerprint density at radius 1 is 1.00 bits per heavy atom. The molecule has 0 spiro atoms. The summed E-state index contributed by atoms with van der Waals surface area (Å²) >= 11 is 10.9. The van der Waals surface area contributed by atoms with Gasteiger partial charge in [0.15, 0.2) is 10.7 Å². The predicted octanol–water partition coefficient (Wildman–Crippen LogP) is 2.19. The van der Waals surface area contributed by atoms with Crippen molar-refractivity contribution in [2.45, 2.75) is 5.03 Å². The van der Waals surface area contributed by atoms with Crippen LogP contribution in [0.4, 0.5) is 10.7 Å². The van der Waals surface area contributed by atoms with Crippen LogP contribution in [0.15, 0.2) is 41.6 Å². The van der Waals surface area contributed by atoms with Gasteiger partial charge in [-0.15, -0.1) is 0 Å². The van der Waals surface area contributed by atoms with Gasteiger partial charge in [-0.05, 0) is 24.3 Å². The second-order valence-electron chi connectivity index (χ2n) is 7.16. The molecule has 3 heterocycles. The van der Waals surface area contributed by atoms with E-state index in [-0.39, 0.29) is 39.1 Å². The fraction of sp³-hybridized carbons (Fsp3) is 0.190. The number of carboxylic acids is 1. The van der Waals surface area contributed by atoms with Gasteiger partial charge in [-0.25, -0.2) is 24.3 Å². The molecule has 0 saturated carbocycles. The summed E-state index contributed by atoms with van der Waals surface area (Å²) < 4.78 is 36.7. The van der Waals surface area contributed by atoms with Gasteiger partial charge in [0.1, 0.15) is 5.15 Å². The van der Waals surface area contributed by atoms with Crippen molar-refractivity contribution in [2.24, 2.45) is 0 Å². The van der Waals surface area contributed by atoms with E-state index in [2.05, 4.69) is 25.3 Å². The molecular weight excluding hydrogens is 581 g/mol. The van der Waals surface area contributed by atoms with E-state index in [4.69, 9.17) is 37.8 Å². The maximum absolute atomic E-state index is 12.5. The second kappa shape index (κ2) is 13.5. The van der Waals surface area contributed by atoms with Gasteiger partial charge in [0.25, 0.3) is 15.9 Å². The average Bonchev–Trinajstić information content (AvgIpc) is 2.89. The molecule has 3 N–H and O–H groups in total. The average molecular weight is 602 g/mol. The van der Waals surface area contributed by atoms with Crippen molar-refractivity contribution in [2.75, 3.05) is 33.6 Å². The number of ether oxygens (including phenoxy) is 2. The van der Waals surface area contributed by atoms with Crippen LogP contribution >= 0.6 is 23.2 Å². The Bertz CT molecular complexity index is 1470. The van der Waals surface area contributed by atoms with Crippen molar-refractivity contribution in [3.63, 3.8) is 0 Å². The van der Waals surface area contributed by atoms with Crippen LogP contribution in [0.1, 0.15) is 20.8 Å². The van der Waals surface area contributed by atoms with Crippen LogP contribution in [-0.4, -0.2) is 84.6 Å². The molecule has 0 aliphatic heterocycles. The molecule has 3 aromatic heterocycles. The number of anilines is 1. The highest BCUT2D eigenvalue weighted by atomic mass is 35.5. The Morgan fingerprint density at radius 3 is 2.13 bits per heavy atom. The third-order valence-electron chi connectivity index (χ3n) is 4.23. The molecule has 208 valence electrons. The molecule has 0 atom stereocenters. The summed E-state index contributed by atoms with van der Waals surface area (Å²) in [6.07, 6.45) is 1.19. The Hall–Kier alpha value is -4.28. The molecule has 3 rings (SSSR count). The lowest BCUT2D eigenvalue weighted by Gasteiger charge is -2.14. The van der Waals surface area contributed by atoms with E-state index in [1.54, 1.807) is 4.72 Å². The zero-order valence-electron chi connectivity index (χ0n) is 20.7. The molecule has 0 fully saturated rings. The van der Waals surface area contributed by atoms with Gasteiger partial charge in [0, 0.05) is 20.3 Å². The fourth-order valence-electron chi connectivity index (χ4n) is 2.54. The first-order valence-corrected chi connectivity index (χ1v) is 12.6. The Morgan fingerprint density at radius 2 is 1.62 bits per heavy atom. The molecule has 15 nitrogen and oxygen atoms in total. The van der Waals surface area contributed by atoms with Crippen molar-refractivity contribution in [3.05, 3.63) is 58.0 Å². The lowest BCUT2D eigenvalue weighted by Crippen LogP contribution is -2.36. The van der Waals surface area contributed by atoms with Crippen LogP contribution < -0.4 is 19.5 Å². The maximum Gasteiger partial charge on any atom is 0.356 e. The van der Waals surface area contributed by atoms with Gasteiger partial charge in [-0.2, -0.15) is 18.4 Å². The van der Waals surface area contributed by atoms with Gasteiger partial charge < -0.3 is 19.5 Å². The molecule has 3 aromatic rings. The molecule has 0 saturated heterocycles. The van der Waals surface area contributed by atoms with E-state index in [1.165, 1.54) is 69.7 Å². The van der Waals surface area contributed by atoms with Crippen molar-refractivity contribution in [1.82, 2.24) is 29.6 Å². The first-order valence-electron chi connectivity index (χ1n) is 10.3. The van der Waals surface area contributed by atoms with Crippen LogP contribution in [0, 0.1) is 0 Å². The Balaban J connectivity index is 0.000000404. The number of pyridine rings is 2. The van der Waals surface area contributed by atoms with Crippen molar-refractivity contribution in [3.8, 4) is 11.8 Å². The Labute approximate surface area is 232 Å². The number of nitrogens with zero attached hydrogens (tertiary/aromatic N) is 5. The van der Waals surface area contributed by atoms with Crippen molar-refractivity contribution < 1.29 is 37.4 Å². The lowest BCUT2D eigenvalue weighted by atomic mass is 10.2. The summed E-state index contributed by atoms with van der Waals surface area (Å²) in [6, 6.07) is 5.72. The molecule has 0 bridgehead atoms. The zero-order chi connectivity index (χ0) is 29.3. The second-order valence-corrected chi connectivity index (χ2v) is 9.55. The smallest absolute Gasteiger partial charge is 0.356 e. The Kier molecular flexibility index (Phi) is 10.7. The molecule has 0 aliphatic rings. The predicted molar refractivity (Wildman–Crippen MR) is 138 cm³/mol. The number of nitrogens with one attached hydrogen (secondary N) is 2. The topological polar surface area (TPSA) is 203 Å². The number of sulfonamides is 1. The van der Waals surface area contributed by atoms with Gasteiger partial charge in [0.2, 0.25) is 17.7 Å². The highest BCUT2D eigenvalue weighted by Crippen LogP contribution is 2.18. The monoisotopic (exact) mass is 601 g/mol. The standard InChI is InChI=1S/C15H18N6O6S.C6H3Cl2NO2/c1-21(2)13(22)9-6-5-7-16-12(9)28(24,25)20-15(23)19-14-17-10(26-3)8-11(18-14)27-4;7-3-1-2-4(8)9-5(3)6(10)11/h5-8H,1-4H3,(H2,17,18,19,20,23);1-2H,(H,10,11). The number of amides is 3. The van der Waals surface area contributed by atoms with Gasteiger partial charge in [0.05, 0.1) is 30.9 Å². The minimum atomic E-state index is -4.46. The van der Waals surface area contributed by atoms with Crippen LogP contribution in [0.3, 0.4) is 0 Å². The summed E-state index contributed by atoms with van der Waals surface area (Å²) in [4.78, 5) is 50.8. The highest BCUT2D eigenvalue weighted by molar-refractivity contribution is 7.90. The number of aromatic nitrogens is 4. The first-order chi connectivity index (χ1) is 18.3. The number of carbonyl (C=O) groups is 3. The minimum absolute atomic E-state index is 0.0851. The van der Waals surface area contributed by atoms with Crippen LogP contribution in [0.5, 0.6) is 11.8 Å². The molecule has 39 heavy (non-hydrogen) atoms.